The molecule has 2 rings (SSSR count). The maximum Gasteiger partial charge on any atom is 0.519 e. The lowest BCUT2D eigenvalue weighted by Crippen LogP contribution is -2.13. The third-order valence-corrected chi connectivity index (χ3v) is 15.4. The average Bonchev–Trinajstić information content (AvgIpc) is 3.37. The summed E-state index contributed by atoms with van der Waals surface area (Å²) in [7, 11) is 0. The van der Waals surface area contributed by atoms with Gasteiger partial charge in [-0.15, -0.1) is 0 Å². The summed E-state index contributed by atoms with van der Waals surface area (Å²) >= 11 is 0. The molecule has 0 aliphatic carbocycles. The SMILES string of the molecule is CCCCCCCCCCCCCCCCCCCCCCCCCCCc1ccc(OC(=O)Oc2ccc(CCCCCCCCCCCCCCCCCCCCCCCCCCC)cc2)cc1. The number of carbonyl (C=O) groups is 1. The van der Waals surface area contributed by atoms with E-state index in [9.17, 15) is 4.79 Å². The topological polar surface area (TPSA) is 35.5 Å². The molecule has 0 spiro atoms. The van der Waals surface area contributed by atoms with E-state index in [1.54, 1.807) is 0 Å². The number of rotatable bonds is 54. The minimum absolute atomic E-state index is 0.533. The lowest BCUT2D eigenvalue weighted by Gasteiger charge is -2.08. The molecule has 0 unspecified atom stereocenters. The first-order chi connectivity index (χ1) is 34.7. The lowest BCUT2D eigenvalue weighted by atomic mass is 10.0. The van der Waals surface area contributed by atoms with E-state index in [1.165, 1.54) is 332 Å². The van der Waals surface area contributed by atoms with Crippen LogP contribution in [0.5, 0.6) is 11.5 Å². The number of hydrogen-bond donors (Lipinski definition) is 0. The van der Waals surface area contributed by atoms with Crippen LogP contribution in [0.15, 0.2) is 48.5 Å². The first-order valence-electron chi connectivity index (χ1n) is 31.8. The quantitative estimate of drug-likeness (QED) is 0.0376. The Hall–Kier alpha value is -2.29. The van der Waals surface area contributed by atoms with Gasteiger partial charge >= 0.3 is 6.16 Å². The first-order valence-corrected chi connectivity index (χ1v) is 31.8. The van der Waals surface area contributed by atoms with Crippen molar-refractivity contribution in [1.82, 2.24) is 0 Å². The van der Waals surface area contributed by atoms with E-state index < -0.39 is 6.16 Å². The van der Waals surface area contributed by atoms with E-state index in [1.807, 2.05) is 24.3 Å². The number of unbranched alkanes of at least 4 members (excludes halogenated alkanes) is 48. The molecule has 0 fully saturated rings. The molecule has 0 bridgehead atoms. The Labute approximate surface area is 437 Å². The molecule has 0 N–H and O–H groups in total. The zero-order valence-electron chi connectivity index (χ0n) is 47.1. The Morgan fingerprint density at radius 1 is 0.243 bits per heavy atom. The molecule has 0 aliphatic rings. The van der Waals surface area contributed by atoms with Crippen molar-refractivity contribution < 1.29 is 14.3 Å². The summed E-state index contributed by atoms with van der Waals surface area (Å²) in [4.78, 5) is 12.5. The predicted octanol–water partition coefficient (Wildman–Crippen LogP) is 23.9. The Balaban J connectivity index is 1.30. The molecule has 0 aromatic heterocycles. The number of hydrogen-bond acceptors (Lipinski definition) is 3. The summed E-state index contributed by atoms with van der Waals surface area (Å²) in [5.41, 5.74) is 2.60. The van der Waals surface area contributed by atoms with Crippen LogP contribution in [-0.4, -0.2) is 6.16 Å². The number of carbonyl (C=O) groups excluding carboxylic acids is 1. The highest BCUT2D eigenvalue weighted by atomic mass is 16.7. The number of ether oxygens (including phenoxy) is 2. The molecule has 0 amide bonds. The van der Waals surface area contributed by atoms with Gasteiger partial charge in [0.15, 0.2) is 0 Å². The fraction of sp³-hybridized carbons (Fsp3) is 0.806. The standard InChI is InChI=1S/C67H118O3/c1-3-5-7-9-11-13-15-17-19-21-23-25-27-29-31-33-35-37-39-41-43-45-47-49-51-53-63-55-59-65(60-56-63)69-67(68)70-66-61-57-64(58-62-66)54-52-50-48-46-44-42-40-38-36-34-32-30-28-26-24-22-20-18-16-14-12-10-8-6-4-2/h55-62H,3-54H2,1-2H3. The summed E-state index contributed by atoms with van der Waals surface area (Å²) in [5, 5.41) is 0. The van der Waals surface area contributed by atoms with Gasteiger partial charge in [0.25, 0.3) is 0 Å². The van der Waals surface area contributed by atoms with E-state index in [0.29, 0.717) is 11.5 Å². The van der Waals surface area contributed by atoms with Crippen molar-refractivity contribution in [3.8, 4) is 11.5 Å². The molecule has 0 aliphatic heterocycles. The molecule has 70 heavy (non-hydrogen) atoms. The van der Waals surface area contributed by atoms with Gasteiger partial charge < -0.3 is 9.47 Å². The highest BCUT2D eigenvalue weighted by Crippen LogP contribution is 2.21. The van der Waals surface area contributed by atoms with Crippen LogP contribution in [-0.2, 0) is 12.8 Å². The zero-order chi connectivity index (χ0) is 49.7. The average molecular weight is 972 g/mol. The van der Waals surface area contributed by atoms with Crippen LogP contribution in [0, 0.1) is 0 Å². The molecule has 0 saturated carbocycles. The maximum absolute atomic E-state index is 12.5. The summed E-state index contributed by atoms with van der Waals surface area (Å²) in [6.45, 7) is 4.61. The van der Waals surface area contributed by atoms with Gasteiger partial charge in [-0.1, -0.05) is 346 Å². The second kappa shape index (κ2) is 51.6. The normalized spacial score (nSPS) is 11.5. The smallest absolute Gasteiger partial charge is 0.395 e. The maximum atomic E-state index is 12.5. The van der Waals surface area contributed by atoms with Gasteiger partial charge in [-0.25, -0.2) is 4.79 Å². The Morgan fingerprint density at radius 2 is 0.400 bits per heavy atom. The molecule has 0 saturated heterocycles. The van der Waals surface area contributed by atoms with Gasteiger partial charge in [0, 0.05) is 0 Å². The third-order valence-electron chi connectivity index (χ3n) is 15.4. The highest BCUT2D eigenvalue weighted by molar-refractivity contribution is 5.67. The van der Waals surface area contributed by atoms with Crippen LogP contribution in [0.3, 0.4) is 0 Å². The van der Waals surface area contributed by atoms with Gasteiger partial charge in [0.2, 0.25) is 0 Å². The predicted molar refractivity (Wildman–Crippen MR) is 309 cm³/mol. The molecule has 404 valence electrons. The van der Waals surface area contributed by atoms with Crippen LogP contribution in [0.2, 0.25) is 0 Å². The van der Waals surface area contributed by atoms with Crippen molar-refractivity contribution in [2.75, 3.05) is 0 Å². The number of benzene rings is 2. The van der Waals surface area contributed by atoms with Crippen molar-refractivity contribution in [3.63, 3.8) is 0 Å². The monoisotopic (exact) mass is 971 g/mol. The molecule has 2 aromatic carbocycles. The van der Waals surface area contributed by atoms with Crippen LogP contribution in [0.1, 0.15) is 346 Å². The summed E-state index contributed by atoms with van der Waals surface area (Å²) < 4.78 is 11.0. The molecule has 2 aromatic rings. The fourth-order valence-corrected chi connectivity index (χ4v) is 10.6. The molecular formula is C67H118O3. The summed E-state index contributed by atoms with van der Waals surface area (Å²) in [6, 6.07) is 15.9. The van der Waals surface area contributed by atoms with Gasteiger partial charge in [0.05, 0.1) is 0 Å². The van der Waals surface area contributed by atoms with E-state index in [0.717, 1.165) is 12.8 Å². The van der Waals surface area contributed by atoms with Crippen LogP contribution >= 0.6 is 0 Å². The van der Waals surface area contributed by atoms with E-state index >= 15 is 0 Å². The minimum atomic E-state index is -0.680. The molecule has 0 radical (unpaired) electrons. The van der Waals surface area contributed by atoms with Crippen LogP contribution < -0.4 is 9.47 Å². The lowest BCUT2D eigenvalue weighted by molar-refractivity contribution is 0.152. The Morgan fingerprint density at radius 3 is 0.571 bits per heavy atom. The first kappa shape index (κ1) is 63.8. The Kier molecular flexibility index (Phi) is 47.1. The van der Waals surface area contributed by atoms with Crippen molar-refractivity contribution in [1.29, 1.82) is 0 Å². The fourth-order valence-electron chi connectivity index (χ4n) is 10.6. The highest BCUT2D eigenvalue weighted by Gasteiger charge is 2.09. The molecule has 3 heteroatoms. The molecule has 3 nitrogen and oxygen atoms in total. The molecular weight excluding hydrogens is 853 g/mol. The second-order valence-electron chi connectivity index (χ2n) is 22.2. The zero-order valence-corrected chi connectivity index (χ0v) is 47.1. The third kappa shape index (κ3) is 43.3. The largest absolute Gasteiger partial charge is 0.519 e. The second-order valence-corrected chi connectivity index (χ2v) is 22.2. The van der Waals surface area contributed by atoms with Gasteiger partial charge in [-0.3, -0.25) is 0 Å². The van der Waals surface area contributed by atoms with Gasteiger partial charge in [0.1, 0.15) is 11.5 Å². The van der Waals surface area contributed by atoms with Crippen molar-refractivity contribution in [2.24, 2.45) is 0 Å². The summed E-state index contributed by atoms with van der Waals surface area (Å²) in [5.74, 6) is 1.07. The molecule has 0 atom stereocenters. The van der Waals surface area contributed by atoms with Crippen molar-refractivity contribution in [3.05, 3.63) is 59.7 Å². The Bertz CT molecular complexity index is 1230. The molecule has 0 heterocycles. The van der Waals surface area contributed by atoms with Crippen molar-refractivity contribution in [2.45, 2.75) is 348 Å². The van der Waals surface area contributed by atoms with Gasteiger partial charge in [-0.2, -0.15) is 0 Å². The minimum Gasteiger partial charge on any atom is -0.395 e. The van der Waals surface area contributed by atoms with E-state index in [2.05, 4.69) is 38.1 Å². The van der Waals surface area contributed by atoms with Crippen LogP contribution in [0.4, 0.5) is 4.79 Å². The van der Waals surface area contributed by atoms with Crippen molar-refractivity contribution >= 4 is 6.16 Å². The van der Waals surface area contributed by atoms with E-state index in [-0.39, 0.29) is 0 Å². The van der Waals surface area contributed by atoms with Gasteiger partial charge in [-0.05, 0) is 61.1 Å². The van der Waals surface area contributed by atoms with Crippen LogP contribution in [0.25, 0.3) is 0 Å². The number of aryl methyl sites for hydroxylation is 2. The van der Waals surface area contributed by atoms with E-state index in [4.69, 9.17) is 9.47 Å². The summed E-state index contributed by atoms with van der Waals surface area (Å²) in [6.07, 6.45) is 72.7.